The normalized spacial score (nSPS) is 14.6. The Morgan fingerprint density at radius 3 is 2.35 bits per heavy atom. The number of hydrogen-bond acceptors (Lipinski definition) is 5. The molecule has 0 aromatic heterocycles. The number of piperidine rings is 1. The first-order valence-corrected chi connectivity index (χ1v) is 12.4. The van der Waals surface area contributed by atoms with Crippen molar-refractivity contribution in [1.29, 1.82) is 0 Å². The predicted octanol–water partition coefficient (Wildman–Crippen LogP) is 4.49. The van der Waals surface area contributed by atoms with Crippen molar-refractivity contribution < 1.29 is 22.3 Å². The summed E-state index contributed by atoms with van der Waals surface area (Å²) in [4.78, 5) is 14.6. The molecule has 7 nitrogen and oxygen atoms in total. The molecule has 1 fully saturated rings. The minimum absolute atomic E-state index is 0.158. The molecule has 34 heavy (non-hydrogen) atoms. The second kappa shape index (κ2) is 10.2. The van der Waals surface area contributed by atoms with Gasteiger partial charge in [-0.2, -0.15) is 0 Å². The third-order valence-corrected chi connectivity index (χ3v) is 7.18. The fraction of sp³-hybridized carbons (Fsp3) is 0.240. The van der Waals surface area contributed by atoms with E-state index in [9.17, 15) is 17.6 Å². The summed E-state index contributed by atoms with van der Waals surface area (Å²) in [7, 11) is -2.39. The lowest BCUT2D eigenvalue weighted by atomic mass is 10.1. The van der Waals surface area contributed by atoms with E-state index in [0.29, 0.717) is 11.8 Å². The first kappa shape index (κ1) is 23.7. The van der Waals surface area contributed by atoms with Gasteiger partial charge in [0.1, 0.15) is 10.7 Å². The lowest BCUT2D eigenvalue weighted by Crippen LogP contribution is -2.36. The van der Waals surface area contributed by atoms with Crippen LogP contribution in [0, 0.1) is 5.82 Å². The van der Waals surface area contributed by atoms with Crippen LogP contribution in [0.15, 0.2) is 77.7 Å². The van der Waals surface area contributed by atoms with E-state index < -0.39 is 20.7 Å². The summed E-state index contributed by atoms with van der Waals surface area (Å²) < 4.78 is 46.7. The van der Waals surface area contributed by atoms with Gasteiger partial charge >= 0.3 is 0 Å². The molecule has 0 bridgehead atoms. The zero-order valence-electron chi connectivity index (χ0n) is 18.7. The van der Waals surface area contributed by atoms with Crippen LogP contribution in [0.25, 0.3) is 0 Å². The summed E-state index contributed by atoms with van der Waals surface area (Å²) in [6.45, 7) is 1.83. The first-order chi connectivity index (χ1) is 16.4. The van der Waals surface area contributed by atoms with Gasteiger partial charge in [-0.05, 0) is 67.4 Å². The number of anilines is 3. The van der Waals surface area contributed by atoms with E-state index in [1.807, 2.05) is 24.3 Å². The molecule has 4 rings (SSSR count). The van der Waals surface area contributed by atoms with Crippen molar-refractivity contribution in [1.82, 2.24) is 0 Å². The van der Waals surface area contributed by atoms with Crippen molar-refractivity contribution in [2.24, 2.45) is 0 Å². The SMILES string of the molecule is COC1CCN(c2ccc(NC(=O)c3cccc(NS(=O)(=O)c4ccccc4F)c3)cc2)CC1. The number of carbonyl (C=O) groups excluding carboxylic acids is 1. The molecule has 0 aliphatic carbocycles. The number of sulfonamides is 1. The zero-order valence-corrected chi connectivity index (χ0v) is 19.5. The van der Waals surface area contributed by atoms with Gasteiger partial charge in [0.15, 0.2) is 0 Å². The van der Waals surface area contributed by atoms with E-state index in [1.54, 1.807) is 19.2 Å². The Hall–Kier alpha value is -3.43. The lowest BCUT2D eigenvalue weighted by molar-refractivity contribution is 0.0819. The van der Waals surface area contributed by atoms with Gasteiger partial charge in [-0.3, -0.25) is 9.52 Å². The third-order valence-electron chi connectivity index (χ3n) is 5.77. The number of amides is 1. The van der Waals surface area contributed by atoms with Crippen LogP contribution in [-0.4, -0.2) is 40.6 Å². The molecule has 0 atom stereocenters. The van der Waals surface area contributed by atoms with Gasteiger partial charge in [0.05, 0.1) is 6.10 Å². The highest BCUT2D eigenvalue weighted by Crippen LogP contribution is 2.24. The maximum atomic E-state index is 13.9. The second-order valence-corrected chi connectivity index (χ2v) is 9.69. The van der Waals surface area contributed by atoms with E-state index in [0.717, 1.165) is 37.7 Å². The van der Waals surface area contributed by atoms with Crippen molar-refractivity contribution in [3.63, 3.8) is 0 Å². The second-order valence-electron chi connectivity index (χ2n) is 8.04. The molecule has 1 aliphatic heterocycles. The lowest BCUT2D eigenvalue weighted by Gasteiger charge is -2.33. The minimum atomic E-state index is -4.14. The van der Waals surface area contributed by atoms with Crippen LogP contribution in [0.1, 0.15) is 23.2 Å². The standard InChI is InChI=1S/C25H26FN3O4S/c1-33-22-13-15-29(16-14-22)21-11-9-19(10-12-21)27-25(30)18-5-4-6-20(17-18)28-34(31,32)24-8-3-2-7-23(24)26/h2-12,17,22,28H,13-16H2,1H3,(H,27,30). The van der Waals surface area contributed by atoms with Gasteiger partial charge < -0.3 is 15.0 Å². The van der Waals surface area contributed by atoms with Crippen LogP contribution < -0.4 is 14.9 Å². The molecule has 2 N–H and O–H groups in total. The van der Waals surface area contributed by atoms with E-state index in [1.165, 1.54) is 30.3 Å². The number of nitrogens with one attached hydrogen (secondary N) is 2. The Morgan fingerprint density at radius 2 is 1.68 bits per heavy atom. The Morgan fingerprint density at radius 1 is 0.971 bits per heavy atom. The molecule has 3 aromatic rings. The molecule has 1 heterocycles. The molecular formula is C25H26FN3O4S. The summed E-state index contributed by atoms with van der Waals surface area (Å²) in [5, 5.41) is 2.82. The van der Waals surface area contributed by atoms with Gasteiger partial charge in [-0.1, -0.05) is 18.2 Å². The Labute approximate surface area is 198 Å². The number of nitrogens with zero attached hydrogens (tertiary/aromatic N) is 1. The van der Waals surface area contributed by atoms with E-state index in [-0.39, 0.29) is 17.2 Å². The van der Waals surface area contributed by atoms with Gasteiger partial charge in [-0.15, -0.1) is 0 Å². The first-order valence-electron chi connectivity index (χ1n) is 10.9. The molecule has 1 saturated heterocycles. The molecule has 0 radical (unpaired) electrons. The number of hydrogen-bond donors (Lipinski definition) is 2. The molecule has 0 unspecified atom stereocenters. The molecule has 178 valence electrons. The number of carbonyl (C=O) groups is 1. The Kier molecular flexibility index (Phi) is 7.14. The van der Waals surface area contributed by atoms with Crippen LogP contribution in [0.4, 0.5) is 21.5 Å². The fourth-order valence-corrected chi connectivity index (χ4v) is 5.03. The summed E-state index contributed by atoms with van der Waals surface area (Å²) in [5.74, 6) is -1.24. The molecule has 9 heteroatoms. The fourth-order valence-electron chi connectivity index (χ4n) is 3.91. The van der Waals surface area contributed by atoms with E-state index >= 15 is 0 Å². The van der Waals surface area contributed by atoms with Gasteiger partial charge in [0, 0.05) is 42.8 Å². The number of halogens is 1. The van der Waals surface area contributed by atoms with E-state index in [4.69, 9.17) is 4.74 Å². The van der Waals surface area contributed by atoms with Crippen molar-refractivity contribution in [3.05, 3.63) is 84.2 Å². The quantitative estimate of drug-likeness (QED) is 0.517. The van der Waals surface area contributed by atoms with Crippen molar-refractivity contribution in [2.75, 3.05) is 35.1 Å². The molecule has 0 spiro atoms. The maximum Gasteiger partial charge on any atom is 0.264 e. The number of benzene rings is 3. The highest BCUT2D eigenvalue weighted by molar-refractivity contribution is 7.92. The summed E-state index contributed by atoms with van der Waals surface area (Å²) in [6, 6.07) is 18.7. The largest absolute Gasteiger partial charge is 0.381 e. The maximum absolute atomic E-state index is 13.9. The molecule has 1 amide bonds. The molecular weight excluding hydrogens is 457 g/mol. The average molecular weight is 484 g/mol. The topological polar surface area (TPSA) is 87.7 Å². The number of methoxy groups -OCH3 is 1. The van der Waals surface area contributed by atoms with E-state index in [2.05, 4.69) is 14.9 Å². The predicted molar refractivity (Wildman–Crippen MR) is 130 cm³/mol. The van der Waals surface area contributed by atoms with Gasteiger partial charge in [-0.25, -0.2) is 12.8 Å². The third kappa shape index (κ3) is 5.55. The van der Waals surface area contributed by atoms with Crippen LogP contribution >= 0.6 is 0 Å². The molecule has 0 saturated carbocycles. The van der Waals surface area contributed by atoms with Crippen LogP contribution in [0.2, 0.25) is 0 Å². The van der Waals surface area contributed by atoms with Gasteiger partial charge in [0.2, 0.25) is 0 Å². The summed E-state index contributed by atoms with van der Waals surface area (Å²) in [5.41, 5.74) is 2.13. The average Bonchev–Trinajstić information content (AvgIpc) is 2.84. The smallest absolute Gasteiger partial charge is 0.264 e. The van der Waals surface area contributed by atoms with Crippen LogP contribution in [0.3, 0.4) is 0 Å². The zero-order chi connectivity index (χ0) is 24.1. The highest BCUT2D eigenvalue weighted by Gasteiger charge is 2.20. The number of ether oxygens (including phenoxy) is 1. The van der Waals surface area contributed by atoms with Crippen LogP contribution in [-0.2, 0) is 14.8 Å². The van der Waals surface area contributed by atoms with Gasteiger partial charge in [0.25, 0.3) is 15.9 Å². The Bertz CT molecular complexity index is 1260. The minimum Gasteiger partial charge on any atom is -0.381 e. The summed E-state index contributed by atoms with van der Waals surface area (Å²) >= 11 is 0. The monoisotopic (exact) mass is 483 g/mol. The number of rotatable bonds is 7. The molecule has 3 aromatic carbocycles. The van der Waals surface area contributed by atoms with Crippen molar-refractivity contribution >= 4 is 33.0 Å². The Balaban J connectivity index is 1.41. The van der Waals surface area contributed by atoms with Crippen molar-refractivity contribution in [3.8, 4) is 0 Å². The highest BCUT2D eigenvalue weighted by atomic mass is 32.2. The molecule has 1 aliphatic rings. The summed E-state index contributed by atoms with van der Waals surface area (Å²) in [6.07, 6.45) is 2.26. The van der Waals surface area contributed by atoms with Crippen molar-refractivity contribution in [2.45, 2.75) is 23.8 Å². The van der Waals surface area contributed by atoms with Crippen LogP contribution in [0.5, 0.6) is 0 Å².